The molecule has 0 radical (unpaired) electrons. The molecule has 0 N–H and O–H groups in total. The number of methoxy groups -OCH3 is 2. The van der Waals surface area contributed by atoms with Crippen molar-refractivity contribution < 1.29 is 19.1 Å². The van der Waals surface area contributed by atoms with E-state index in [1.165, 1.54) is 32.6 Å². The van der Waals surface area contributed by atoms with Gasteiger partial charge in [-0.3, -0.25) is 9.59 Å². The third-order valence-electron chi connectivity index (χ3n) is 4.75. The lowest BCUT2D eigenvalue weighted by Crippen LogP contribution is -2.39. The molecule has 21 heavy (non-hydrogen) atoms. The van der Waals surface area contributed by atoms with Crippen LogP contribution < -0.4 is 0 Å². The Morgan fingerprint density at radius 3 is 2.48 bits per heavy atom. The standard InChI is InChI=1S/C17H24O4/c1-12-10-17(15(18)20-2,16(19)21-3)11-14(12)9-13-7-5-4-6-8-13/h7,14H,1,4-6,8-11H2,2-3H3. The van der Waals surface area contributed by atoms with E-state index in [-0.39, 0.29) is 5.92 Å². The van der Waals surface area contributed by atoms with Crippen LogP contribution in [0.2, 0.25) is 0 Å². The van der Waals surface area contributed by atoms with E-state index in [0.717, 1.165) is 24.8 Å². The summed E-state index contributed by atoms with van der Waals surface area (Å²) in [6.07, 6.45) is 8.71. The summed E-state index contributed by atoms with van der Waals surface area (Å²) in [6.45, 7) is 4.09. The first-order valence-corrected chi connectivity index (χ1v) is 7.56. The fraction of sp³-hybridized carbons (Fsp3) is 0.647. The molecule has 0 aromatic carbocycles. The number of allylic oxidation sites excluding steroid dienone is 3. The molecule has 2 aliphatic rings. The van der Waals surface area contributed by atoms with Gasteiger partial charge >= 0.3 is 11.9 Å². The number of esters is 2. The van der Waals surface area contributed by atoms with Crippen molar-refractivity contribution in [1.82, 2.24) is 0 Å². The van der Waals surface area contributed by atoms with Gasteiger partial charge in [0.2, 0.25) is 0 Å². The van der Waals surface area contributed by atoms with Gasteiger partial charge < -0.3 is 9.47 Å². The molecule has 1 atom stereocenters. The molecular formula is C17H24O4. The number of carbonyl (C=O) groups excluding carboxylic acids is 2. The zero-order valence-corrected chi connectivity index (χ0v) is 12.9. The van der Waals surface area contributed by atoms with Gasteiger partial charge in [-0.2, -0.15) is 0 Å². The van der Waals surface area contributed by atoms with Crippen LogP contribution in [0.25, 0.3) is 0 Å². The first kappa shape index (κ1) is 15.8. The second kappa shape index (κ2) is 6.46. The molecule has 1 fully saturated rings. The molecule has 0 aliphatic heterocycles. The zero-order chi connectivity index (χ0) is 15.5. The Morgan fingerprint density at radius 2 is 1.95 bits per heavy atom. The summed E-state index contributed by atoms with van der Waals surface area (Å²) in [7, 11) is 2.62. The minimum Gasteiger partial charge on any atom is -0.468 e. The Bertz CT molecular complexity index is 459. The van der Waals surface area contributed by atoms with Gasteiger partial charge in [0.15, 0.2) is 5.41 Å². The van der Waals surface area contributed by atoms with Crippen molar-refractivity contribution in [2.75, 3.05) is 14.2 Å². The van der Waals surface area contributed by atoms with E-state index in [0.29, 0.717) is 12.8 Å². The van der Waals surface area contributed by atoms with E-state index < -0.39 is 17.4 Å². The number of hydrogen-bond acceptors (Lipinski definition) is 4. The molecule has 0 saturated heterocycles. The lowest BCUT2D eigenvalue weighted by molar-refractivity contribution is -0.168. The Labute approximate surface area is 126 Å². The molecule has 4 nitrogen and oxygen atoms in total. The first-order valence-electron chi connectivity index (χ1n) is 7.56. The van der Waals surface area contributed by atoms with E-state index in [4.69, 9.17) is 9.47 Å². The maximum Gasteiger partial charge on any atom is 0.323 e. The summed E-state index contributed by atoms with van der Waals surface area (Å²) >= 11 is 0. The maximum atomic E-state index is 12.1. The summed E-state index contributed by atoms with van der Waals surface area (Å²) in [5.74, 6) is -0.848. The van der Waals surface area contributed by atoms with Crippen LogP contribution >= 0.6 is 0 Å². The highest BCUT2D eigenvalue weighted by Crippen LogP contribution is 2.49. The van der Waals surface area contributed by atoms with Crippen LogP contribution in [0.15, 0.2) is 23.8 Å². The topological polar surface area (TPSA) is 52.6 Å². The van der Waals surface area contributed by atoms with Crippen LogP contribution in [-0.2, 0) is 19.1 Å². The second-order valence-electron chi connectivity index (χ2n) is 6.11. The van der Waals surface area contributed by atoms with Crippen molar-refractivity contribution in [3.8, 4) is 0 Å². The summed E-state index contributed by atoms with van der Waals surface area (Å²) in [4.78, 5) is 24.3. The quantitative estimate of drug-likeness (QED) is 0.454. The third-order valence-corrected chi connectivity index (χ3v) is 4.75. The highest BCUT2D eigenvalue weighted by Gasteiger charge is 2.54. The molecule has 1 unspecified atom stereocenters. The third kappa shape index (κ3) is 3.04. The largest absolute Gasteiger partial charge is 0.468 e. The van der Waals surface area contributed by atoms with Crippen molar-refractivity contribution in [2.24, 2.45) is 11.3 Å². The van der Waals surface area contributed by atoms with E-state index in [2.05, 4.69) is 12.7 Å². The van der Waals surface area contributed by atoms with Crippen LogP contribution in [0, 0.1) is 11.3 Å². The van der Waals surface area contributed by atoms with Gasteiger partial charge in [-0.05, 0) is 50.9 Å². The Balaban J connectivity index is 2.16. The van der Waals surface area contributed by atoms with E-state index in [9.17, 15) is 9.59 Å². The SMILES string of the molecule is C=C1CC(C(=O)OC)(C(=O)OC)CC1CC1=CCCCC1. The molecule has 0 spiro atoms. The van der Waals surface area contributed by atoms with Crippen LogP contribution in [0.4, 0.5) is 0 Å². The number of rotatable bonds is 4. The number of hydrogen-bond donors (Lipinski definition) is 0. The van der Waals surface area contributed by atoms with Gasteiger partial charge in [-0.25, -0.2) is 0 Å². The molecule has 0 heterocycles. The van der Waals surface area contributed by atoms with Gasteiger partial charge in [0.1, 0.15) is 0 Å². The summed E-state index contributed by atoms with van der Waals surface area (Å²) < 4.78 is 9.70. The molecule has 4 heteroatoms. The van der Waals surface area contributed by atoms with Crippen LogP contribution in [0.3, 0.4) is 0 Å². The molecule has 0 aromatic rings. The average molecular weight is 292 g/mol. The fourth-order valence-corrected chi connectivity index (χ4v) is 3.58. The van der Waals surface area contributed by atoms with Gasteiger partial charge in [0.25, 0.3) is 0 Å². The average Bonchev–Trinajstić information content (AvgIpc) is 2.84. The van der Waals surface area contributed by atoms with Crippen molar-refractivity contribution >= 4 is 11.9 Å². The van der Waals surface area contributed by atoms with E-state index in [1.807, 2.05) is 0 Å². The maximum absolute atomic E-state index is 12.1. The Kier molecular flexibility index (Phi) is 4.86. The second-order valence-corrected chi connectivity index (χ2v) is 6.11. The van der Waals surface area contributed by atoms with Crippen LogP contribution in [0.5, 0.6) is 0 Å². The molecule has 116 valence electrons. The highest BCUT2D eigenvalue weighted by atomic mass is 16.5. The molecule has 2 aliphatic carbocycles. The number of ether oxygens (including phenoxy) is 2. The van der Waals surface area contributed by atoms with Gasteiger partial charge in [0.05, 0.1) is 14.2 Å². The minimum absolute atomic E-state index is 0.160. The summed E-state index contributed by atoms with van der Waals surface area (Å²) in [5, 5.41) is 0. The van der Waals surface area contributed by atoms with Crippen molar-refractivity contribution in [1.29, 1.82) is 0 Å². The van der Waals surface area contributed by atoms with Crippen LogP contribution in [0.1, 0.15) is 44.9 Å². The monoisotopic (exact) mass is 292 g/mol. The summed E-state index contributed by atoms with van der Waals surface area (Å²) in [6, 6.07) is 0. The molecule has 2 rings (SSSR count). The lowest BCUT2D eigenvalue weighted by atomic mass is 9.83. The van der Waals surface area contributed by atoms with Gasteiger partial charge in [0, 0.05) is 0 Å². The van der Waals surface area contributed by atoms with Gasteiger partial charge in [-0.1, -0.05) is 23.8 Å². The first-order chi connectivity index (χ1) is 10.0. The fourth-order valence-electron chi connectivity index (χ4n) is 3.58. The molecule has 1 saturated carbocycles. The molecular weight excluding hydrogens is 268 g/mol. The summed E-state index contributed by atoms with van der Waals surface area (Å²) in [5.41, 5.74) is 1.19. The van der Waals surface area contributed by atoms with E-state index >= 15 is 0 Å². The predicted octanol–water partition coefficient (Wildman–Crippen LogP) is 3.18. The van der Waals surface area contributed by atoms with E-state index in [1.54, 1.807) is 0 Å². The van der Waals surface area contributed by atoms with Crippen molar-refractivity contribution in [2.45, 2.75) is 44.9 Å². The predicted molar refractivity (Wildman–Crippen MR) is 79.5 cm³/mol. The van der Waals surface area contributed by atoms with Gasteiger partial charge in [-0.15, -0.1) is 0 Å². The molecule has 0 aromatic heterocycles. The highest BCUT2D eigenvalue weighted by molar-refractivity contribution is 6.01. The Morgan fingerprint density at radius 1 is 1.29 bits per heavy atom. The molecule has 0 amide bonds. The zero-order valence-electron chi connectivity index (χ0n) is 12.9. The molecule has 0 bridgehead atoms. The lowest BCUT2D eigenvalue weighted by Gasteiger charge is -2.23. The van der Waals surface area contributed by atoms with Crippen LogP contribution in [-0.4, -0.2) is 26.2 Å². The smallest absolute Gasteiger partial charge is 0.323 e. The normalized spacial score (nSPS) is 24.4. The van der Waals surface area contributed by atoms with Crippen molar-refractivity contribution in [3.05, 3.63) is 23.8 Å². The minimum atomic E-state index is -1.19. The number of carbonyl (C=O) groups is 2. The Hall–Kier alpha value is -1.58. The van der Waals surface area contributed by atoms with Crippen molar-refractivity contribution in [3.63, 3.8) is 0 Å².